The van der Waals surface area contributed by atoms with Gasteiger partial charge < -0.3 is 24.4 Å². The number of benzene rings is 2. The summed E-state index contributed by atoms with van der Waals surface area (Å²) in [5.41, 5.74) is 1.58. The Morgan fingerprint density at radius 1 is 1.00 bits per heavy atom. The quantitative estimate of drug-likeness (QED) is 0.429. The van der Waals surface area contributed by atoms with Crippen LogP contribution in [-0.2, 0) is 0 Å². The minimum absolute atomic E-state index is 0.00241. The number of phenolic OH excluding ortho intramolecular Hbond substituents is 2. The average Bonchev–Trinajstić information content (AvgIpc) is 2.80. The van der Waals surface area contributed by atoms with Crippen LogP contribution in [0.5, 0.6) is 11.5 Å². The van der Waals surface area contributed by atoms with Crippen molar-refractivity contribution in [3.63, 3.8) is 0 Å². The highest BCUT2D eigenvalue weighted by atomic mass is 16.4. The molecule has 1 aliphatic heterocycles. The van der Waals surface area contributed by atoms with Crippen molar-refractivity contribution in [3.05, 3.63) is 52.7 Å². The van der Waals surface area contributed by atoms with Gasteiger partial charge in [0, 0.05) is 30.9 Å². The summed E-state index contributed by atoms with van der Waals surface area (Å²) < 4.78 is 5.75. The van der Waals surface area contributed by atoms with Gasteiger partial charge in [-0.05, 0) is 81.7 Å². The van der Waals surface area contributed by atoms with Gasteiger partial charge in [0.2, 0.25) is 5.75 Å². The highest BCUT2D eigenvalue weighted by molar-refractivity contribution is 5.86. The van der Waals surface area contributed by atoms with E-state index in [9.17, 15) is 15.0 Å². The molecule has 0 aliphatic carbocycles. The smallest absolute Gasteiger partial charge is 0.201 e. The van der Waals surface area contributed by atoms with Crippen molar-refractivity contribution >= 4 is 16.7 Å². The van der Waals surface area contributed by atoms with E-state index < -0.39 is 5.75 Å². The SMILES string of the molecule is CN(CCCCN1CCCCC1)c1ccc(-c2cc(=O)c3ccc(O)c(O)c3o2)cc1. The van der Waals surface area contributed by atoms with E-state index in [-0.39, 0.29) is 22.1 Å². The lowest BCUT2D eigenvalue weighted by Gasteiger charge is -2.27. The van der Waals surface area contributed by atoms with Crippen molar-refractivity contribution in [1.82, 2.24) is 4.90 Å². The van der Waals surface area contributed by atoms with Gasteiger partial charge in [-0.3, -0.25) is 4.79 Å². The molecule has 2 heterocycles. The number of hydrogen-bond donors (Lipinski definition) is 2. The van der Waals surface area contributed by atoms with Gasteiger partial charge in [0.15, 0.2) is 16.8 Å². The molecule has 4 rings (SSSR count). The number of unbranched alkanes of at least 4 members (excludes halogenated alkanes) is 1. The summed E-state index contributed by atoms with van der Waals surface area (Å²) in [6, 6.07) is 12.0. The molecule has 1 aliphatic rings. The second-order valence-electron chi connectivity index (χ2n) is 8.36. The molecule has 1 aromatic heterocycles. The monoisotopic (exact) mass is 422 g/mol. The normalized spacial score (nSPS) is 14.7. The van der Waals surface area contributed by atoms with E-state index in [1.165, 1.54) is 63.5 Å². The van der Waals surface area contributed by atoms with Crippen LogP contribution in [0.15, 0.2) is 51.7 Å². The van der Waals surface area contributed by atoms with Gasteiger partial charge in [0.05, 0.1) is 5.39 Å². The third-order valence-electron chi connectivity index (χ3n) is 6.11. The maximum absolute atomic E-state index is 12.4. The molecule has 1 saturated heterocycles. The Morgan fingerprint density at radius 3 is 2.48 bits per heavy atom. The van der Waals surface area contributed by atoms with E-state index in [2.05, 4.69) is 16.8 Å². The van der Waals surface area contributed by atoms with Crippen molar-refractivity contribution < 1.29 is 14.6 Å². The van der Waals surface area contributed by atoms with Crippen LogP contribution < -0.4 is 10.3 Å². The molecule has 164 valence electrons. The van der Waals surface area contributed by atoms with Gasteiger partial charge in [-0.1, -0.05) is 6.42 Å². The van der Waals surface area contributed by atoms with Crippen molar-refractivity contribution in [2.24, 2.45) is 0 Å². The van der Waals surface area contributed by atoms with Crippen LogP contribution in [0.4, 0.5) is 5.69 Å². The Labute approximate surface area is 182 Å². The Bertz CT molecular complexity index is 1090. The number of rotatable bonds is 7. The highest BCUT2D eigenvalue weighted by Crippen LogP contribution is 2.34. The molecule has 3 aromatic rings. The van der Waals surface area contributed by atoms with Gasteiger partial charge in [-0.15, -0.1) is 0 Å². The summed E-state index contributed by atoms with van der Waals surface area (Å²) in [5.74, 6) is -0.378. The number of nitrogens with zero attached hydrogens (tertiary/aromatic N) is 2. The zero-order valence-corrected chi connectivity index (χ0v) is 18.0. The molecule has 2 aromatic carbocycles. The molecule has 6 heteroatoms. The Kier molecular flexibility index (Phi) is 6.47. The summed E-state index contributed by atoms with van der Waals surface area (Å²) in [4.78, 5) is 17.2. The van der Waals surface area contributed by atoms with Crippen molar-refractivity contribution in [2.45, 2.75) is 32.1 Å². The third-order valence-corrected chi connectivity index (χ3v) is 6.11. The fraction of sp³-hybridized carbons (Fsp3) is 0.400. The van der Waals surface area contributed by atoms with E-state index in [1.54, 1.807) is 0 Å². The summed E-state index contributed by atoms with van der Waals surface area (Å²) >= 11 is 0. The maximum Gasteiger partial charge on any atom is 0.201 e. The Balaban J connectivity index is 1.40. The zero-order chi connectivity index (χ0) is 21.8. The number of phenols is 2. The fourth-order valence-electron chi connectivity index (χ4n) is 4.21. The molecule has 0 unspecified atom stereocenters. The van der Waals surface area contributed by atoms with Crippen LogP contribution in [0.3, 0.4) is 0 Å². The first kappa shape index (κ1) is 21.2. The van der Waals surface area contributed by atoms with Gasteiger partial charge in [-0.2, -0.15) is 0 Å². The number of fused-ring (bicyclic) bond motifs is 1. The lowest BCUT2D eigenvalue weighted by atomic mass is 10.1. The third kappa shape index (κ3) is 4.85. The number of anilines is 1. The highest BCUT2D eigenvalue weighted by Gasteiger charge is 2.14. The molecule has 2 N–H and O–H groups in total. The van der Waals surface area contributed by atoms with Crippen molar-refractivity contribution in [2.75, 3.05) is 38.1 Å². The molecule has 6 nitrogen and oxygen atoms in total. The second kappa shape index (κ2) is 9.43. The van der Waals surface area contributed by atoms with Gasteiger partial charge in [0.1, 0.15) is 5.76 Å². The fourth-order valence-corrected chi connectivity index (χ4v) is 4.21. The summed E-state index contributed by atoms with van der Waals surface area (Å²) in [6.45, 7) is 4.68. The Hall–Kier alpha value is -2.99. The predicted octanol–water partition coefficient (Wildman–Crippen LogP) is 4.57. The lowest BCUT2D eigenvalue weighted by molar-refractivity contribution is 0.225. The predicted molar refractivity (Wildman–Crippen MR) is 124 cm³/mol. The molecular formula is C25H30N2O4. The first-order chi connectivity index (χ1) is 15.0. The largest absolute Gasteiger partial charge is 0.504 e. The van der Waals surface area contributed by atoms with E-state index in [0.29, 0.717) is 5.76 Å². The van der Waals surface area contributed by atoms with Crippen LogP contribution in [-0.4, -0.2) is 48.3 Å². The molecule has 0 radical (unpaired) electrons. The summed E-state index contributed by atoms with van der Waals surface area (Å²) in [6.07, 6.45) is 6.41. The molecule has 0 bridgehead atoms. The second-order valence-corrected chi connectivity index (χ2v) is 8.36. The van der Waals surface area contributed by atoms with Gasteiger partial charge >= 0.3 is 0 Å². The minimum atomic E-state index is -0.419. The van der Waals surface area contributed by atoms with Gasteiger partial charge in [0.25, 0.3) is 0 Å². The van der Waals surface area contributed by atoms with Crippen LogP contribution in [0.1, 0.15) is 32.1 Å². The Morgan fingerprint density at radius 2 is 1.74 bits per heavy atom. The minimum Gasteiger partial charge on any atom is -0.504 e. The summed E-state index contributed by atoms with van der Waals surface area (Å²) in [5, 5.41) is 20.0. The maximum atomic E-state index is 12.4. The van der Waals surface area contributed by atoms with E-state index in [4.69, 9.17) is 4.42 Å². The van der Waals surface area contributed by atoms with Crippen LogP contribution in [0, 0.1) is 0 Å². The van der Waals surface area contributed by atoms with Crippen molar-refractivity contribution in [3.8, 4) is 22.8 Å². The molecule has 0 amide bonds. The number of piperidine rings is 1. The first-order valence-corrected chi connectivity index (χ1v) is 11.1. The van der Waals surface area contributed by atoms with E-state index >= 15 is 0 Å². The number of aromatic hydroxyl groups is 2. The standard InChI is InChI=1S/C25H30N2O4/c1-26(13-5-6-16-27-14-3-2-4-15-27)19-9-7-18(8-10-19)23-17-22(29)20-11-12-21(28)24(30)25(20)31-23/h7-12,17,28,30H,2-6,13-16H2,1H3. The van der Waals surface area contributed by atoms with Crippen molar-refractivity contribution in [1.29, 1.82) is 0 Å². The molecule has 0 atom stereocenters. The van der Waals surface area contributed by atoms with Crippen LogP contribution in [0.2, 0.25) is 0 Å². The number of hydrogen-bond acceptors (Lipinski definition) is 6. The average molecular weight is 423 g/mol. The van der Waals surface area contributed by atoms with E-state index in [0.717, 1.165) is 24.2 Å². The van der Waals surface area contributed by atoms with E-state index in [1.807, 2.05) is 24.3 Å². The van der Waals surface area contributed by atoms with Crippen LogP contribution >= 0.6 is 0 Å². The molecule has 0 spiro atoms. The molecule has 1 fully saturated rings. The van der Waals surface area contributed by atoms with Crippen LogP contribution in [0.25, 0.3) is 22.3 Å². The topological polar surface area (TPSA) is 77.2 Å². The zero-order valence-electron chi connectivity index (χ0n) is 18.0. The lowest BCUT2D eigenvalue weighted by Crippen LogP contribution is -2.31. The molecule has 0 saturated carbocycles. The molecular weight excluding hydrogens is 392 g/mol. The number of likely N-dealkylation sites (tertiary alicyclic amines) is 1. The molecule has 31 heavy (non-hydrogen) atoms. The summed E-state index contributed by atoms with van der Waals surface area (Å²) in [7, 11) is 2.09. The first-order valence-electron chi connectivity index (χ1n) is 11.1. The van der Waals surface area contributed by atoms with Gasteiger partial charge in [-0.25, -0.2) is 0 Å².